The molecule has 0 N–H and O–H groups in total. The number of benzene rings is 1. The van der Waals surface area contributed by atoms with Crippen molar-refractivity contribution >= 4 is 0 Å². The third-order valence-corrected chi connectivity index (χ3v) is 6.34. The summed E-state index contributed by atoms with van der Waals surface area (Å²) in [5, 5.41) is 0. The highest BCUT2D eigenvalue weighted by atomic mass is 19.2. The number of halogens is 2. The van der Waals surface area contributed by atoms with Crippen molar-refractivity contribution in [1.29, 1.82) is 0 Å². The molecule has 126 valence electrons. The first-order valence-corrected chi connectivity index (χ1v) is 9.16. The van der Waals surface area contributed by atoms with Crippen LogP contribution in [0.4, 0.5) is 8.78 Å². The molecule has 0 radical (unpaired) electrons. The van der Waals surface area contributed by atoms with Crippen LogP contribution in [0.3, 0.4) is 0 Å². The van der Waals surface area contributed by atoms with Crippen LogP contribution in [0, 0.1) is 36.3 Å². The Bertz CT molecular complexity index is 547. The molecule has 0 atom stereocenters. The molecule has 0 heterocycles. The highest BCUT2D eigenvalue weighted by molar-refractivity contribution is 5.31. The zero-order chi connectivity index (χ0) is 16.4. The van der Waals surface area contributed by atoms with Gasteiger partial charge in [0.1, 0.15) is 0 Å². The zero-order valence-corrected chi connectivity index (χ0v) is 14.2. The zero-order valence-electron chi connectivity index (χ0n) is 14.2. The highest BCUT2D eigenvalue weighted by Gasteiger charge is 2.31. The van der Waals surface area contributed by atoms with Crippen molar-refractivity contribution in [1.82, 2.24) is 0 Å². The lowest BCUT2D eigenvalue weighted by molar-refractivity contribution is 0.171. The van der Waals surface area contributed by atoms with Crippen LogP contribution in [0.1, 0.15) is 68.4 Å². The molecule has 2 aliphatic carbocycles. The van der Waals surface area contributed by atoms with Gasteiger partial charge in [0.15, 0.2) is 11.6 Å². The van der Waals surface area contributed by atoms with Crippen LogP contribution in [-0.2, 0) is 0 Å². The second-order valence-electron chi connectivity index (χ2n) is 7.65. The molecule has 0 spiro atoms. The number of rotatable bonds is 3. The average Bonchev–Trinajstić information content (AvgIpc) is 2.58. The van der Waals surface area contributed by atoms with Gasteiger partial charge in [0.25, 0.3) is 0 Å². The third kappa shape index (κ3) is 3.67. The van der Waals surface area contributed by atoms with E-state index < -0.39 is 11.6 Å². The fraction of sp³-hybridized carbons (Fsp3) is 0.619. The molecular formula is C21H28F2. The summed E-state index contributed by atoms with van der Waals surface area (Å²) in [6.45, 7) is 5.83. The fourth-order valence-corrected chi connectivity index (χ4v) is 4.86. The smallest absolute Gasteiger partial charge is 0.159 e. The molecule has 23 heavy (non-hydrogen) atoms. The summed E-state index contributed by atoms with van der Waals surface area (Å²) < 4.78 is 26.9. The molecule has 1 aromatic carbocycles. The molecule has 2 fully saturated rings. The third-order valence-electron chi connectivity index (χ3n) is 6.34. The fourth-order valence-electron chi connectivity index (χ4n) is 4.86. The van der Waals surface area contributed by atoms with E-state index in [0.29, 0.717) is 5.92 Å². The molecule has 0 aliphatic heterocycles. The molecule has 0 saturated heterocycles. The average molecular weight is 318 g/mol. The first kappa shape index (κ1) is 16.7. The van der Waals surface area contributed by atoms with Gasteiger partial charge < -0.3 is 0 Å². The molecule has 2 aliphatic rings. The van der Waals surface area contributed by atoms with Crippen molar-refractivity contribution in [3.05, 3.63) is 47.5 Å². The second-order valence-corrected chi connectivity index (χ2v) is 7.65. The molecule has 1 aromatic rings. The minimum Gasteiger partial charge on any atom is -0.204 e. The van der Waals surface area contributed by atoms with E-state index in [0.717, 1.165) is 41.7 Å². The van der Waals surface area contributed by atoms with Gasteiger partial charge in [-0.15, -0.1) is 6.58 Å². The topological polar surface area (TPSA) is 0 Å². The van der Waals surface area contributed by atoms with Crippen LogP contribution in [0.15, 0.2) is 24.8 Å². The Kier molecular flexibility index (Phi) is 5.18. The van der Waals surface area contributed by atoms with Crippen LogP contribution in [-0.4, -0.2) is 0 Å². The summed E-state index contributed by atoms with van der Waals surface area (Å²) >= 11 is 0. The van der Waals surface area contributed by atoms with E-state index in [4.69, 9.17) is 0 Å². The first-order chi connectivity index (χ1) is 11.1. The molecule has 0 bridgehead atoms. The first-order valence-electron chi connectivity index (χ1n) is 9.16. The Balaban J connectivity index is 1.59. The van der Waals surface area contributed by atoms with Crippen LogP contribution in [0.25, 0.3) is 0 Å². The Hall–Kier alpha value is -1.18. The van der Waals surface area contributed by atoms with Gasteiger partial charge in [-0.1, -0.05) is 6.08 Å². The normalized spacial score (nSPS) is 31.8. The lowest BCUT2D eigenvalue weighted by Gasteiger charge is -2.37. The van der Waals surface area contributed by atoms with Crippen molar-refractivity contribution in [3.63, 3.8) is 0 Å². The minimum absolute atomic E-state index is 0.408. The van der Waals surface area contributed by atoms with Crippen molar-refractivity contribution in [2.45, 2.75) is 64.2 Å². The Morgan fingerprint density at radius 1 is 0.870 bits per heavy atom. The maximum atomic E-state index is 13.6. The van der Waals surface area contributed by atoms with Crippen molar-refractivity contribution in [3.8, 4) is 0 Å². The van der Waals surface area contributed by atoms with Crippen LogP contribution in [0.2, 0.25) is 0 Å². The van der Waals surface area contributed by atoms with Gasteiger partial charge in [0.05, 0.1) is 0 Å². The summed E-state index contributed by atoms with van der Waals surface area (Å²) in [5.74, 6) is 1.42. The van der Waals surface area contributed by atoms with E-state index in [2.05, 4.69) is 12.7 Å². The lowest BCUT2D eigenvalue weighted by Crippen LogP contribution is -2.25. The summed E-state index contributed by atoms with van der Waals surface area (Å²) in [5.41, 5.74) is 1.93. The SMILES string of the molecule is C=CC1CCC(C2CCC(c3cc(F)c(F)cc3C)CC2)CC1. The Labute approximate surface area is 139 Å². The van der Waals surface area contributed by atoms with Gasteiger partial charge in [-0.05, 0) is 105 Å². The van der Waals surface area contributed by atoms with Gasteiger partial charge in [0, 0.05) is 0 Å². The standard InChI is InChI=1S/C21H28F2/c1-3-15-4-6-16(7-5-15)17-8-10-18(11-9-17)19-13-21(23)20(22)12-14(19)2/h3,12-13,15-18H,1,4-11H2,2H3. The molecule has 2 heteroatoms. The molecule has 0 amide bonds. The molecule has 0 unspecified atom stereocenters. The van der Waals surface area contributed by atoms with Gasteiger partial charge in [0.2, 0.25) is 0 Å². The number of hydrogen-bond acceptors (Lipinski definition) is 0. The molecule has 0 aromatic heterocycles. The van der Waals surface area contributed by atoms with E-state index in [1.54, 1.807) is 0 Å². The predicted molar refractivity (Wildman–Crippen MR) is 91.4 cm³/mol. The van der Waals surface area contributed by atoms with Gasteiger partial charge in [-0.2, -0.15) is 0 Å². The van der Waals surface area contributed by atoms with E-state index in [-0.39, 0.29) is 0 Å². The van der Waals surface area contributed by atoms with Gasteiger partial charge >= 0.3 is 0 Å². The largest absolute Gasteiger partial charge is 0.204 e. The maximum Gasteiger partial charge on any atom is 0.159 e. The molecule has 2 saturated carbocycles. The Morgan fingerprint density at radius 3 is 1.96 bits per heavy atom. The summed E-state index contributed by atoms with van der Waals surface area (Å²) in [6, 6.07) is 2.79. The lowest BCUT2D eigenvalue weighted by atomic mass is 9.68. The van der Waals surface area contributed by atoms with Crippen molar-refractivity contribution < 1.29 is 8.78 Å². The highest BCUT2D eigenvalue weighted by Crippen LogP contribution is 2.44. The van der Waals surface area contributed by atoms with E-state index in [9.17, 15) is 8.78 Å². The quantitative estimate of drug-likeness (QED) is 0.555. The van der Waals surface area contributed by atoms with E-state index in [1.807, 2.05) is 6.92 Å². The summed E-state index contributed by atoms with van der Waals surface area (Å²) in [6.07, 6.45) is 12.1. The Morgan fingerprint density at radius 2 is 1.39 bits per heavy atom. The second kappa shape index (κ2) is 7.15. The number of allylic oxidation sites excluding steroid dienone is 1. The molecular weight excluding hydrogens is 290 g/mol. The predicted octanol–water partition coefficient (Wildman–Crippen LogP) is 6.54. The molecule has 3 rings (SSSR count). The number of hydrogen-bond donors (Lipinski definition) is 0. The van der Waals surface area contributed by atoms with Crippen LogP contribution < -0.4 is 0 Å². The van der Waals surface area contributed by atoms with Crippen LogP contribution >= 0.6 is 0 Å². The maximum absolute atomic E-state index is 13.6. The van der Waals surface area contributed by atoms with Crippen molar-refractivity contribution in [2.24, 2.45) is 17.8 Å². The number of aryl methyl sites for hydroxylation is 1. The van der Waals surface area contributed by atoms with E-state index in [1.165, 1.54) is 50.7 Å². The van der Waals surface area contributed by atoms with Crippen LogP contribution in [0.5, 0.6) is 0 Å². The summed E-state index contributed by atoms with van der Waals surface area (Å²) in [4.78, 5) is 0. The summed E-state index contributed by atoms with van der Waals surface area (Å²) in [7, 11) is 0. The molecule has 0 nitrogen and oxygen atoms in total. The van der Waals surface area contributed by atoms with Gasteiger partial charge in [-0.25, -0.2) is 8.78 Å². The van der Waals surface area contributed by atoms with Gasteiger partial charge in [-0.3, -0.25) is 0 Å². The van der Waals surface area contributed by atoms with E-state index >= 15 is 0 Å². The van der Waals surface area contributed by atoms with Crippen molar-refractivity contribution in [2.75, 3.05) is 0 Å². The minimum atomic E-state index is -0.723. The monoisotopic (exact) mass is 318 g/mol.